The summed E-state index contributed by atoms with van der Waals surface area (Å²) in [6, 6.07) is 0. The standard InChI is InChI=1S/C21H27F3N6O4/c1-13(15(21(22,23)24)10-17(25)26-2)16-11-18(28-19(27-16)29-6-8-33-9-7-29)34-14-4-5-30(12-14)20(31)32-3/h10-11,14,25H,2,4-9,12H2,1,3H3,(H,27,28)/t14-/m1/s1. The minimum atomic E-state index is -4.73. The first-order valence-corrected chi connectivity index (χ1v) is 10.6. The van der Waals surface area contributed by atoms with Crippen molar-refractivity contribution < 1.29 is 32.2 Å². The van der Waals surface area contributed by atoms with E-state index in [-0.39, 0.29) is 23.7 Å². The largest absolute Gasteiger partial charge is 0.472 e. The van der Waals surface area contributed by atoms with Crippen LogP contribution in [0.1, 0.15) is 13.3 Å². The zero-order chi connectivity index (χ0) is 24.9. The highest BCUT2D eigenvalue weighted by molar-refractivity contribution is 5.95. The third-order valence-electron chi connectivity index (χ3n) is 5.47. The van der Waals surface area contributed by atoms with Crippen LogP contribution in [0.15, 0.2) is 44.9 Å². The number of likely N-dealkylation sites (tertiary alicyclic amines) is 1. The fourth-order valence-corrected chi connectivity index (χ4v) is 3.65. The number of aliphatic imine (C=N–C) groups is 2. The molecule has 13 heteroatoms. The van der Waals surface area contributed by atoms with Gasteiger partial charge in [0.2, 0.25) is 11.8 Å². The molecular weight excluding hydrogens is 457 g/mol. The van der Waals surface area contributed by atoms with Gasteiger partial charge in [0.25, 0.3) is 0 Å². The van der Waals surface area contributed by atoms with Gasteiger partial charge in [0.05, 0.1) is 32.4 Å². The zero-order valence-corrected chi connectivity index (χ0v) is 18.9. The Morgan fingerprint density at radius 1 is 1.38 bits per heavy atom. The molecule has 0 radical (unpaired) electrons. The molecule has 2 saturated heterocycles. The van der Waals surface area contributed by atoms with E-state index in [0.29, 0.717) is 51.3 Å². The minimum absolute atomic E-state index is 0.116. The SMILES string of the molecule is C=NC(=N)C=C(C(C)=C1C=C(O[C@@H]2CCN(C(=O)OC)C2)N=C(N2CCOCC2)N1)C(F)(F)F. The number of alkyl halides is 3. The van der Waals surface area contributed by atoms with Crippen LogP contribution in [0.25, 0.3) is 0 Å². The van der Waals surface area contributed by atoms with Crippen molar-refractivity contribution in [2.45, 2.75) is 25.6 Å². The van der Waals surface area contributed by atoms with Gasteiger partial charge in [-0.25, -0.2) is 9.79 Å². The summed E-state index contributed by atoms with van der Waals surface area (Å²) in [4.78, 5) is 22.8. The van der Waals surface area contributed by atoms with E-state index >= 15 is 0 Å². The van der Waals surface area contributed by atoms with E-state index in [1.165, 1.54) is 25.0 Å². The highest BCUT2D eigenvalue weighted by Gasteiger charge is 2.37. The monoisotopic (exact) mass is 484 g/mol. The van der Waals surface area contributed by atoms with Gasteiger partial charge < -0.3 is 29.3 Å². The molecule has 0 saturated carbocycles. The fraction of sp³-hybridized carbons (Fsp3) is 0.524. The molecule has 0 aliphatic carbocycles. The van der Waals surface area contributed by atoms with Crippen molar-refractivity contribution in [2.75, 3.05) is 46.5 Å². The molecule has 2 N–H and O–H groups in total. The van der Waals surface area contributed by atoms with Crippen LogP contribution in [0.4, 0.5) is 18.0 Å². The van der Waals surface area contributed by atoms with Gasteiger partial charge in [-0.1, -0.05) is 0 Å². The van der Waals surface area contributed by atoms with Crippen molar-refractivity contribution in [3.63, 3.8) is 0 Å². The van der Waals surface area contributed by atoms with Crippen LogP contribution in [-0.2, 0) is 14.2 Å². The first-order chi connectivity index (χ1) is 16.1. The van der Waals surface area contributed by atoms with Gasteiger partial charge in [0.15, 0.2) is 0 Å². The van der Waals surface area contributed by atoms with Gasteiger partial charge in [-0.15, -0.1) is 0 Å². The molecule has 10 nitrogen and oxygen atoms in total. The summed E-state index contributed by atoms with van der Waals surface area (Å²) < 4.78 is 57.5. The van der Waals surface area contributed by atoms with E-state index in [4.69, 9.17) is 19.6 Å². The third kappa shape index (κ3) is 6.16. The molecule has 186 valence electrons. The van der Waals surface area contributed by atoms with E-state index < -0.39 is 29.8 Å². The number of hydrogen-bond acceptors (Lipinski definition) is 8. The number of guanidine groups is 1. The van der Waals surface area contributed by atoms with E-state index in [9.17, 15) is 18.0 Å². The summed E-state index contributed by atoms with van der Waals surface area (Å²) >= 11 is 0. The van der Waals surface area contributed by atoms with E-state index in [1.807, 2.05) is 4.90 Å². The quantitative estimate of drug-likeness (QED) is 0.468. The molecule has 0 aromatic carbocycles. The lowest BCUT2D eigenvalue weighted by molar-refractivity contribution is -0.0893. The van der Waals surface area contributed by atoms with E-state index in [2.05, 4.69) is 22.0 Å². The highest BCUT2D eigenvalue weighted by atomic mass is 19.4. The topological polar surface area (TPSA) is 112 Å². The molecule has 0 bridgehead atoms. The van der Waals surface area contributed by atoms with Crippen LogP contribution in [0, 0.1) is 5.41 Å². The molecule has 3 aliphatic rings. The molecular formula is C21H27F3N6O4. The maximum Gasteiger partial charge on any atom is 0.416 e. The number of halogens is 3. The van der Waals surface area contributed by atoms with Gasteiger partial charge >= 0.3 is 12.3 Å². The number of amidine groups is 1. The summed E-state index contributed by atoms with van der Waals surface area (Å²) in [7, 11) is 1.29. The number of ether oxygens (including phenoxy) is 3. The van der Waals surface area contributed by atoms with Gasteiger partial charge in [-0.2, -0.15) is 18.2 Å². The van der Waals surface area contributed by atoms with Gasteiger partial charge in [0.1, 0.15) is 11.9 Å². The minimum Gasteiger partial charge on any atom is -0.472 e. The number of amides is 1. The molecule has 0 unspecified atom stereocenters. The lowest BCUT2D eigenvalue weighted by Gasteiger charge is -2.33. The van der Waals surface area contributed by atoms with Crippen molar-refractivity contribution in [3.8, 4) is 0 Å². The Bertz CT molecular complexity index is 951. The maximum atomic E-state index is 13.8. The lowest BCUT2D eigenvalue weighted by Crippen LogP contribution is -2.48. The Balaban J connectivity index is 1.94. The molecule has 2 fully saturated rings. The van der Waals surface area contributed by atoms with Crippen LogP contribution >= 0.6 is 0 Å². The predicted octanol–water partition coefficient (Wildman–Crippen LogP) is 2.42. The van der Waals surface area contributed by atoms with E-state index in [0.717, 1.165) is 0 Å². The molecule has 3 rings (SSSR count). The van der Waals surface area contributed by atoms with E-state index in [1.54, 1.807) is 0 Å². The first kappa shape index (κ1) is 25.3. The van der Waals surface area contributed by atoms with Crippen LogP contribution in [0.2, 0.25) is 0 Å². The number of carbonyl (C=O) groups excluding carboxylic acids is 1. The molecule has 3 heterocycles. The number of nitrogens with one attached hydrogen (secondary N) is 2. The Morgan fingerprint density at radius 2 is 2.09 bits per heavy atom. The molecule has 0 aromatic heterocycles. The summed E-state index contributed by atoms with van der Waals surface area (Å²) in [6.45, 7) is 7.00. The van der Waals surface area contributed by atoms with Crippen molar-refractivity contribution in [1.29, 1.82) is 5.41 Å². The smallest absolute Gasteiger partial charge is 0.416 e. The summed E-state index contributed by atoms with van der Waals surface area (Å²) in [5, 5.41) is 10.5. The second-order valence-electron chi connectivity index (χ2n) is 7.72. The Morgan fingerprint density at radius 3 is 2.71 bits per heavy atom. The second-order valence-corrected chi connectivity index (χ2v) is 7.72. The van der Waals surface area contributed by atoms with Crippen molar-refractivity contribution in [1.82, 2.24) is 15.1 Å². The number of allylic oxidation sites excluding steroid dienone is 3. The van der Waals surface area contributed by atoms with Crippen LogP contribution in [0.5, 0.6) is 0 Å². The number of rotatable bonds is 4. The predicted molar refractivity (Wildman–Crippen MR) is 119 cm³/mol. The number of morpholine rings is 1. The number of methoxy groups -OCH3 is 1. The average molecular weight is 484 g/mol. The number of hydrogen-bond donors (Lipinski definition) is 2. The molecule has 0 spiro atoms. The third-order valence-corrected chi connectivity index (χ3v) is 5.47. The van der Waals surface area contributed by atoms with Crippen LogP contribution < -0.4 is 5.32 Å². The van der Waals surface area contributed by atoms with Crippen LogP contribution in [0.3, 0.4) is 0 Å². The number of carbonyl (C=O) groups is 1. The van der Waals surface area contributed by atoms with Crippen molar-refractivity contribution in [2.24, 2.45) is 9.98 Å². The maximum absolute atomic E-state index is 13.8. The highest BCUT2D eigenvalue weighted by Crippen LogP contribution is 2.33. The summed E-state index contributed by atoms with van der Waals surface area (Å²) in [5.74, 6) is -0.166. The van der Waals surface area contributed by atoms with Gasteiger partial charge in [-0.3, -0.25) is 5.41 Å². The lowest BCUT2D eigenvalue weighted by atomic mass is 10.0. The Hall–Kier alpha value is -3.35. The van der Waals surface area contributed by atoms with Crippen molar-refractivity contribution in [3.05, 3.63) is 34.9 Å². The first-order valence-electron chi connectivity index (χ1n) is 10.6. The van der Waals surface area contributed by atoms with Gasteiger partial charge in [0, 0.05) is 37.8 Å². The second kappa shape index (κ2) is 10.7. The molecule has 34 heavy (non-hydrogen) atoms. The summed E-state index contributed by atoms with van der Waals surface area (Å²) in [6.07, 6.45) is -3.07. The molecule has 1 amide bonds. The zero-order valence-electron chi connectivity index (χ0n) is 18.9. The summed E-state index contributed by atoms with van der Waals surface area (Å²) in [5.41, 5.74) is -1.08. The number of nitrogens with zero attached hydrogens (tertiary/aromatic N) is 4. The van der Waals surface area contributed by atoms with Gasteiger partial charge in [-0.05, 0) is 25.3 Å². The molecule has 0 aromatic rings. The fourth-order valence-electron chi connectivity index (χ4n) is 3.65. The Kier molecular flexibility index (Phi) is 7.97. The average Bonchev–Trinajstić information content (AvgIpc) is 3.29. The van der Waals surface area contributed by atoms with Crippen LogP contribution in [-0.4, -0.2) is 93.2 Å². The molecule has 3 aliphatic heterocycles. The molecule has 1 atom stereocenters. The van der Waals surface area contributed by atoms with Crippen molar-refractivity contribution >= 4 is 24.6 Å². The normalized spacial score (nSPS) is 23.0. The Labute approximate surface area is 194 Å².